The van der Waals surface area contributed by atoms with Gasteiger partial charge in [0.2, 0.25) is 5.91 Å². The molecule has 0 unspecified atom stereocenters. The van der Waals surface area contributed by atoms with Crippen molar-refractivity contribution < 1.29 is 4.79 Å². The average molecular weight is 203 g/mol. The van der Waals surface area contributed by atoms with Gasteiger partial charge in [0.05, 0.1) is 0 Å². The molecule has 0 aromatic heterocycles. The first kappa shape index (κ1) is 10.2. The van der Waals surface area contributed by atoms with Gasteiger partial charge in [-0.1, -0.05) is 30.3 Å². The highest BCUT2D eigenvalue weighted by Crippen LogP contribution is 2.30. The lowest BCUT2D eigenvalue weighted by atomic mass is 10.0. The number of hydrogen-bond donors (Lipinski definition) is 0. The average Bonchev–Trinajstić information content (AvgIpc) is 2.47. The molecule has 0 N–H and O–H groups in total. The second-order valence-corrected chi connectivity index (χ2v) is 4.78. The molecule has 0 spiro atoms. The van der Waals surface area contributed by atoms with Crippen LogP contribution >= 0.6 is 0 Å². The van der Waals surface area contributed by atoms with Gasteiger partial charge in [0.25, 0.3) is 0 Å². The van der Waals surface area contributed by atoms with Gasteiger partial charge in [-0.2, -0.15) is 0 Å². The monoisotopic (exact) mass is 203 g/mol. The van der Waals surface area contributed by atoms with Crippen molar-refractivity contribution in [1.82, 2.24) is 4.90 Å². The third-order valence-electron chi connectivity index (χ3n) is 3.17. The molecule has 2 nitrogen and oxygen atoms in total. The Hall–Kier alpha value is -1.31. The van der Waals surface area contributed by atoms with E-state index in [1.165, 1.54) is 5.56 Å². The third kappa shape index (κ3) is 2.04. The fourth-order valence-corrected chi connectivity index (χ4v) is 2.09. The second-order valence-electron chi connectivity index (χ2n) is 4.78. The van der Waals surface area contributed by atoms with Crippen LogP contribution in [0.15, 0.2) is 30.3 Å². The summed E-state index contributed by atoms with van der Waals surface area (Å²) in [4.78, 5) is 13.7. The first-order chi connectivity index (χ1) is 7.09. The zero-order chi connectivity index (χ0) is 10.9. The molecular formula is C13H17NO. The molecule has 1 aliphatic rings. The van der Waals surface area contributed by atoms with Crippen molar-refractivity contribution in [2.75, 3.05) is 0 Å². The summed E-state index contributed by atoms with van der Waals surface area (Å²) in [5.74, 6) is 0.281. The standard InChI is InChI=1S/C13H17NO/c1-13(2)9-8-12(15)14(13)10-11-6-4-3-5-7-11/h3-7H,8-10H2,1-2H3. The Morgan fingerprint density at radius 2 is 1.93 bits per heavy atom. The molecule has 80 valence electrons. The molecule has 15 heavy (non-hydrogen) atoms. The number of amides is 1. The summed E-state index contributed by atoms with van der Waals surface area (Å²) in [7, 11) is 0. The van der Waals surface area contributed by atoms with E-state index in [4.69, 9.17) is 0 Å². The summed E-state index contributed by atoms with van der Waals surface area (Å²) in [6, 6.07) is 10.2. The van der Waals surface area contributed by atoms with E-state index in [2.05, 4.69) is 26.0 Å². The lowest BCUT2D eigenvalue weighted by Gasteiger charge is -2.31. The summed E-state index contributed by atoms with van der Waals surface area (Å²) in [6.07, 6.45) is 1.67. The van der Waals surface area contributed by atoms with Crippen molar-refractivity contribution in [3.05, 3.63) is 35.9 Å². The predicted octanol–water partition coefficient (Wildman–Crippen LogP) is 2.59. The van der Waals surface area contributed by atoms with Gasteiger partial charge in [-0.3, -0.25) is 4.79 Å². The van der Waals surface area contributed by atoms with E-state index < -0.39 is 0 Å². The van der Waals surface area contributed by atoms with Gasteiger partial charge < -0.3 is 4.90 Å². The van der Waals surface area contributed by atoms with Crippen molar-refractivity contribution in [2.45, 2.75) is 38.8 Å². The minimum atomic E-state index is 0.0208. The Balaban J connectivity index is 2.15. The van der Waals surface area contributed by atoms with Crippen LogP contribution in [-0.2, 0) is 11.3 Å². The molecule has 1 heterocycles. The van der Waals surface area contributed by atoms with Crippen molar-refractivity contribution >= 4 is 5.91 Å². The number of rotatable bonds is 2. The van der Waals surface area contributed by atoms with E-state index in [0.29, 0.717) is 6.42 Å². The highest BCUT2D eigenvalue weighted by molar-refractivity contribution is 5.79. The van der Waals surface area contributed by atoms with Crippen molar-refractivity contribution in [2.24, 2.45) is 0 Å². The smallest absolute Gasteiger partial charge is 0.223 e. The first-order valence-corrected chi connectivity index (χ1v) is 5.44. The molecule has 0 saturated carbocycles. The highest BCUT2D eigenvalue weighted by atomic mass is 16.2. The molecule has 0 atom stereocenters. The van der Waals surface area contributed by atoms with Crippen molar-refractivity contribution in [3.8, 4) is 0 Å². The molecule has 0 aliphatic carbocycles. The lowest BCUT2D eigenvalue weighted by molar-refractivity contribution is -0.131. The summed E-state index contributed by atoms with van der Waals surface area (Å²) in [5.41, 5.74) is 1.23. The Morgan fingerprint density at radius 1 is 1.27 bits per heavy atom. The molecule has 1 saturated heterocycles. The van der Waals surface area contributed by atoms with Crippen LogP contribution in [-0.4, -0.2) is 16.3 Å². The van der Waals surface area contributed by atoms with Gasteiger partial charge in [0, 0.05) is 18.5 Å². The lowest BCUT2D eigenvalue weighted by Crippen LogP contribution is -2.40. The molecule has 1 aromatic rings. The molecule has 0 bridgehead atoms. The maximum absolute atomic E-state index is 11.7. The van der Waals surface area contributed by atoms with Crippen LogP contribution in [0.1, 0.15) is 32.3 Å². The van der Waals surface area contributed by atoms with Crippen LogP contribution in [0.5, 0.6) is 0 Å². The Kier molecular flexibility index (Phi) is 2.51. The zero-order valence-corrected chi connectivity index (χ0v) is 9.36. The highest BCUT2D eigenvalue weighted by Gasteiger charge is 2.37. The largest absolute Gasteiger partial charge is 0.333 e. The number of nitrogens with zero attached hydrogens (tertiary/aromatic N) is 1. The number of benzene rings is 1. The maximum Gasteiger partial charge on any atom is 0.223 e. The van der Waals surface area contributed by atoms with Crippen molar-refractivity contribution in [1.29, 1.82) is 0 Å². The molecular weight excluding hydrogens is 186 g/mol. The Labute approximate surface area is 90.9 Å². The quantitative estimate of drug-likeness (QED) is 0.723. The van der Waals surface area contributed by atoms with Crippen LogP contribution in [0.4, 0.5) is 0 Å². The van der Waals surface area contributed by atoms with Gasteiger partial charge in [-0.15, -0.1) is 0 Å². The third-order valence-corrected chi connectivity index (χ3v) is 3.17. The molecule has 2 rings (SSSR count). The molecule has 1 aliphatic heterocycles. The minimum Gasteiger partial charge on any atom is -0.333 e. The number of carbonyl (C=O) groups is 1. The van der Waals surface area contributed by atoms with E-state index in [1.807, 2.05) is 23.1 Å². The molecule has 1 amide bonds. The number of hydrogen-bond acceptors (Lipinski definition) is 1. The summed E-state index contributed by atoms with van der Waals surface area (Å²) in [5, 5.41) is 0. The van der Waals surface area contributed by atoms with Crippen molar-refractivity contribution in [3.63, 3.8) is 0 Å². The number of carbonyl (C=O) groups excluding carboxylic acids is 1. The van der Waals surface area contributed by atoms with E-state index in [9.17, 15) is 4.79 Å². The van der Waals surface area contributed by atoms with Crippen LogP contribution in [0.25, 0.3) is 0 Å². The Bertz CT molecular complexity index is 356. The molecule has 1 aromatic carbocycles. The van der Waals surface area contributed by atoms with Gasteiger partial charge >= 0.3 is 0 Å². The maximum atomic E-state index is 11.7. The SMILES string of the molecule is CC1(C)CCC(=O)N1Cc1ccccc1. The van der Waals surface area contributed by atoms with Crippen LogP contribution in [0.2, 0.25) is 0 Å². The van der Waals surface area contributed by atoms with Crippen LogP contribution < -0.4 is 0 Å². The van der Waals surface area contributed by atoms with E-state index in [0.717, 1.165) is 13.0 Å². The molecule has 1 fully saturated rings. The van der Waals surface area contributed by atoms with E-state index >= 15 is 0 Å². The van der Waals surface area contributed by atoms with E-state index in [1.54, 1.807) is 0 Å². The van der Waals surface area contributed by atoms with Gasteiger partial charge in [-0.05, 0) is 25.8 Å². The summed E-state index contributed by atoms with van der Waals surface area (Å²) in [6.45, 7) is 5.02. The normalized spacial score (nSPS) is 19.6. The fourth-order valence-electron chi connectivity index (χ4n) is 2.09. The first-order valence-electron chi connectivity index (χ1n) is 5.44. The molecule has 2 heteroatoms. The van der Waals surface area contributed by atoms with Crippen LogP contribution in [0.3, 0.4) is 0 Å². The topological polar surface area (TPSA) is 20.3 Å². The summed E-state index contributed by atoms with van der Waals surface area (Å²) < 4.78 is 0. The minimum absolute atomic E-state index is 0.0208. The predicted molar refractivity (Wildman–Crippen MR) is 60.3 cm³/mol. The Morgan fingerprint density at radius 3 is 2.47 bits per heavy atom. The molecule has 0 radical (unpaired) electrons. The van der Waals surface area contributed by atoms with E-state index in [-0.39, 0.29) is 11.4 Å². The summed E-state index contributed by atoms with van der Waals surface area (Å²) >= 11 is 0. The zero-order valence-electron chi connectivity index (χ0n) is 9.36. The second kappa shape index (κ2) is 3.69. The van der Waals surface area contributed by atoms with Gasteiger partial charge in [-0.25, -0.2) is 0 Å². The van der Waals surface area contributed by atoms with Gasteiger partial charge in [0.1, 0.15) is 0 Å². The van der Waals surface area contributed by atoms with Crippen LogP contribution in [0, 0.1) is 0 Å². The fraction of sp³-hybridized carbons (Fsp3) is 0.462. The van der Waals surface area contributed by atoms with Gasteiger partial charge in [0.15, 0.2) is 0 Å². The number of likely N-dealkylation sites (tertiary alicyclic amines) is 1.